The van der Waals surface area contributed by atoms with Gasteiger partial charge in [0.05, 0.1) is 30.5 Å². The van der Waals surface area contributed by atoms with E-state index in [0.717, 1.165) is 5.56 Å². The van der Waals surface area contributed by atoms with E-state index in [9.17, 15) is 8.42 Å². The number of hydrogen-bond acceptors (Lipinski definition) is 5. The van der Waals surface area contributed by atoms with Crippen molar-refractivity contribution in [2.45, 2.75) is 11.8 Å². The number of nitrogens with zero attached hydrogens (tertiary/aromatic N) is 2. The summed E-state index contributed by atoms with van der Waals surface area (Å²) in [7, 11) is -1.97. The molecular formula is C19H21N3O3S. The van der Waals surface area contributed by atoms with E-state index < -0.39 is 10.0 Å². The third-order valence-electron chi connectivity index (χ3n) is 4.45. The predicted molar refractivity (Wildman–Crippen MR) is 99.1 cm³/mol. The van der Waals surface area contributed by atoms with Gasteiger partial charge in [0.1, 0.15) is 5.75 Å². The van der Waals surface area contributed by atoms with Gasteiger partial charge in [0.25, 0.3) is 0 Å². The number of nitriles is 1. The molecule has 0 bridgehead atoms. The molecule has 0 amide bonds. The van der Waals surface area contributed by atoms with Crippen molar-refractivity contribution in [3.8, 4) is 11.8 Å². The summed E-state index contributed by atoms with van der Waals surface area (Å²) in [5.74, 6) is 0.543. The first-order valence-corrected chi connectivity index (χ1v) is 9.98. The maximum atomic E-state index is 13.1. The first-order valence-electron chi connectivity index (χ1n) is 8.37. The molecule has 6 nitrogen and oxygen atoms in total. The number of benzene rings is 2. The summed E-state index contributed by atoms with van der Waals surface area (Å²) in [6.07, 6.45) is 0. The SMILES string of the molecule is COc1ccccc1C1CNCCN1S(=O)(=O)Cc1cccc(C#N)c1. The van der Waals surface area contributed by atoms with Gasteiger partial charge in [-0.25, -0.2) is 8.42 Å². The monoisotopic (exact) mass is 371 g/mol. The van der Waals surface area contributed by atoms with E-state index >= 15 is 0 Å². The molecule has 1 fully saturated rings. The fourth-order valence-electron chi connectivity index (χ4n) is 3.25. The molecule has 26 heavy (non-hydrogen) atoms. The molecule has 1 atom stereocenters. The molecule has 1 unspecified atom stereocenters. The van der Waals surface area contributed by atoms with Crippen molar-refractivity contribution in [2.24, 2.45) is 0 Å². The summed E-state index contributed by atoms with van der Waals surface area (Å²) in [6, 6.07) is 15.9. The highest BCUT2D eigenvalue weighted by Crippen LogP contribution is 2.32. The van der Waals surface area contributed by atoms with Crippen molar-refractivity contribution in [3.63, 3.8) is 0 Å². The Kier molecular flexibility index (Phi) is 5.57. The second-order valence-electron chi connectivity index (χ2n) is 6.14. The Morgan fingerprint density at radius 3 is 2.85 bits per heavy atom. The molecule has 0 aliphatic carbocycles. The minimum atomic E-state index is -3.56. The Hall–Kier alpha value is -2.40. The minimum Gasteiger partial charge on any atom is -0.496 e. The zero-order valence-corrected chi connectivity index (χ0v) is 15.4. The van der Waals surface area contributed by atoms with E-state index in [-0.39, 0.29) is 11.8 Å². The van der Waals surface area contributed by atoms with Crippen molar-refractivity contribution >= 4 is 10.0 Å². The van der Waals surface area contributed by atoms with Gasteiger partial charge in [-0.15, -0.1) is 0 Å². The van der Waals surface area contributed by atoms with Crippen molar-refractivity contribution in [2.75, 3.05) is 26.7 Å². The number of hydrogen-bond donors (Lipinski definition) is 1. The van der Waals surface area contributed by atoms with Crippen LogP contribution in [0.1, 0.15) is 22.7 Å². The standard InChI is InChI=1S/C19H21N3O3S/c1-25-19-8-3-2-7-17(19)18-13-21-9-10-22(18)26(23,24)14-16-6-4-5-15(11-16)12-20/h2-8,11,18,21H,9-10,13-14H2,1H3. The van der Waals surface area contributed by atoms with Gasteiger partial charge in [0, 0.05) is 25.2 Å². The number of piperazine rings is 1. The summed E-state index contributed by atoms with van der Waals surface area (Å²) in [5.41, 5.74) is 1.91. The van der Waals surface area contributed by atoms with Gasteiger partial charge in [-0.05, 0) is 23.8 Å². The lowest BCUT2D eigenvalue weighted by Crippen LogP contribution is -2.49. The molecule has 2 aromatic carbocycles. The number of ether oxygens (including phenoxy) is 1. The third-order valence-corrected chi connectivity index (χ3v) is 6.30. The molecule has 7 heteroatoms. The lowest BCUT2D eigenvalue weighted by molar-refractivity contribution is 0.264. The molecule has 1 aliphatic rings. The average Bonchev–Trinajstić information content (AvgIpc) is 2.67. The molecule has 1 heterocycles. The van der Waals surface area contributed by atoms with Crippen molar-refractivity contribution in [3.05, 3.63) is 65.2 Å². The number of sulfonamides is 1. The zero-order valence-electron chi connectivity index (χ0n) is 14.6. The lowest BCUT2D eigenvalue weighted by atomic mass is 10.0. The lowest BCUT2D eigenvalue weighted by Gasteiger charge is -2.36. The van der Waals surface area contributed by atoms with Gasteiger partial charge in [-0.3, -0.25) is 0 Å². The molecule has 0 radical (unpaired) electrons. The van der Waals surface area contributed by atoms with Crippen LogP contribution in [0.25, 0.3) is 0 Å². The Morgan fingerprint density at radius 2 is 2.08 bits per heavy atom. The smallest absolute Gasteiger partial charge is 0.218 e. The summed E-state index contributed by atoms with van der Waals surface area (Å²) < 4.78 is 33.2. The Balaban J connectivity index is 1.92. The fourth-order valence-corrected chi connectivity index (χ4v) is 4.96. The minimum absolute atomic E-state index is 0.131. The van der Waals surface area contributed by atoms with Crippen LogP contribution in [-0.2, 0) is 15.8 Å². The molecule has 2 aromatic rings. The highest BCUT2D eigenvalue weighted by molar-refractivity contribution is 7.88. The first-order chi connectivity index (χ1) is 12.5. The van der Waals surface area contributed by atoms with Crippen LogP contribution in [0.2, 0.25) is 0 Å². The third kappa shape index (κ3) is 3.88. The van der Waals surface area contributed by atoms with Crippen LogP contribution in [0.15, 0.2) is 48.5 Å². The second-order valence-corrected chi connectivity index (χ2v) is 8.06. The van der Waals surface area contributed by atoms with E-state index in [1.165, 1.54) is 0 Å². The van der Waals surface area contributed by atoms with Crippen LogP contribution in [0, 0.1) is 11.3 Å². The van der Waals surface area contributed by atoms with Crippen molar-refractivity contribution in [1.29, 1.82) is 5.26 Å². The molecule has 136 valence electrons. The van der Waals surface area contributed by atoms with E-state index in [4.69, 9.17) is 10.00 Å². The van der Waals surface area contributed by atoms with Gasteiger partial charge in [-0.2, -0.15) is 9.57 Å². The molecule has 0 spiro atoms. The largest absolute Gasteiger partial charge is 0.496 e. The van der Waals surface area contributed by atoms with Crippen LogP contribution in [0.3, 0.4) is 0 Å². The topological polar surface area (TPSA) is 82.4 Å². The van der Waals surface area contributed by atoms with Crippen LogP contribution in [-0.4, -0.2) is 39.5 Å². The second kappa shape index (κ2) is 7.87. The zero-order chi connectivity index (χ0) is 18.6. The molecule has 0 aromatic heterocycles. The average molecular weight is 371 g/mol. The summed E-state index contributed by atoms with van der Waals surface area (Å²) in [5, 5.41) is 12.3. The summed E-state index contributed by atoms with van der Waals surface area (Å²) in [6.45, 7) is 1.52. The Labute approximate surface area is 154 Å². The van der Waals surface area contributed by atoms with Gasteiger partial charge in [-0.1, -0.05) is 30.3 Å². The van der Waals surface area contributed by atoms with Gasteiger partial charge in [0.2, 0.25) is 10.0 Å². The van der Waals surface area contributed by atoms with Crippen molar-refractivity contribution < 1.29 is 13.2 Å². The van der Waals surface area contributed by atoms with E-state index in [1.54, 1.807) is 35.7 Å². The van der Waals surface area contributed by atoms with E-state index in [1.807, 2.05) is 30.3 Å². The highest BCUT2D eigenvalue weighted by Gasteiger charge is 2.34. The molecule has 1 N–H and O–H groups in total. The normalized spacial score (nSPS) is 18.2. The van der Waals surface area contributed by atoms with Gasteiger partial charge < -0.3 is 10.1 Å². The molecular weight excluding hydrogens is 350 g/mol. The van der Waals surface area contributed by atoms with Crippen LogP contribution >= 0.6 is 0 Å². The maximum Gasteiger partial charge on any atom is 0.218 e. The first kappa shape index (κ1) is 18.4. The van der Waals surface area contributed by atoms with Gasteiger partial charge >= 0.3 is 0 Å². The van der Waals surface area contributed by atoms with E-state index in [2.05, 4.69) is 5.32 Å². The number of methoxy groups -OCH3 is 1. The molecule has 3 rings (SSSR count). The quantitative estimate of drug-likeness (QED) is 0.870. The molecule has 1 saturated heterocycles. The van der Waals surface area contributed by atoms with Crippen LogP contribution < -0.4 is 10.1 Å². The Morgan fingerprint density at radius 1 is 1.27 bits per heavy atom. The number of rotatable bonds is 5. The van der Waals surface area contributed by atoms with Crippen LogP contribution in [0.4, 0.5) is 0 Å². The van der Waals surface area contributed by atoms with Crippen LogP contribution in [0.5, 0.6) is 5.75 Å². The molecule has 0 saturated carbocycles. The van der Waals surface area contributed by atoms with Crippen molar-refractivity contribution in [1.82, 2.24) is 9.62 Å². The highest BCUT2D eigenvalue weighted by atomic mass is 32.2. The molecule has 1 aliphatic heterocycles. The number of para-hydroxylation sites is 1. The maximum absolute atomic E-state index is 13.1. The Bertz CT molecular complexity index is 922. The summed E-state index contributed by atoms with van der Waals surface area (Å²) in [4.78, 5) is 0. The van der Waals surface area contributed by atoms with E-state index in [0.29, 0.717) is 36.5 Å². The summed E-state index contributed by atoms with van der Waals surface area (Å²) >= 11 is 0. The number of nitrogens with one attached hydrogen (secondary N) is 1. The predicted octanol–water partition coefficient (Wildman–Crippen LogP) is 2.04. The fraction of sp³-hybridized carbons (Fsp3) is 0.316. The van der Waals surface area contributed by atoms with Gasteiger partial charge in [0.15, 0.2) is 0 Å².